The molecule has 0 aromatic heterocycles. The van der Waals surface area contributed by atoms with E-state index in [0.29, 0.717) is 19.3 Å². The van der Waals surface area contributed by atoms with E-state index in [0.717, 1.165) is 31.7 Å². The van der Waals surface area contributed by atoms with Crippen LogP contribution < -0.4 is 0 Å². The zero-order valence-electron chi connectivity index (χ0n) is 16.9. The fourth-order valence-electron chi connectivity index (χ4n) is 4.17. The lowest BCUT2D eigenvalue weighted by Gasteiger charge is -2.24. The van der Waals surface area contributed by atoms with E-state index >= 15 is 0 Å². The molecule has 0 saturated heterocycles. The van der Waals surface area contributed by atoms with Crippen molar-refractivity contribution in [2.24, 2.45) is 11.8 Å². The first kappa shape index (κ1) is 24.3. The lowest BCUT2D eigenvalue weighted by atomic mass is 9.85. The van der Waals surface area contributed by atoms with Crippen molar-refractivity contribution in [2.45, 2.75) is 76.1 Å². The van der Waals surface area contributed by atoms with Crippen molar-refractivity contribution >= 4 is 5.97 Å². The van der Waals surface area contributed by atoms with Gasteiger partial charge in [-0.1, -0.05) is 37.2 Å². The van der Waals surface area contributed by atoms with Crippen LogP contribution in [0.15, 0.2) is 18.2 Å². The summed E-state index contributed by atoms with van der Waals surface area (Å²) < 4.78 is 26.8. The van der Waals surface area contributed by atoms with E-state index in [1.807, 2.05) is 0 Å². The van der Waals surface area contributed by atoms with Gasteiger partial charge in [0.15, 0.2) is 11.6 Å². The maximum absolute atomic E-state index is 13.6. The molecule has 30 heavy (non-hydrogen) atoms. The van der Waals surface area contributed by atoms with Crippen LogP contribution in [0.5, 0.6) is 0 Å². The molecule has 7 heteroatoms. The lowest BCUT2D eigenvalue weighted by molar-refractivity contribution is -0.137. The summed E-state index contributed by atoms with van der Waals surface area (Å²) in [6.45, 7) is 0. The Hall–Kier alpha value is -2.01. The number of rotatable bonds is 10. The summed E-state index contributed by atoms with van der Waals surface area (Å²) in [6, 6.07) is 3.68. The summed E-state index contributed by atoms with van der Waals surface area (Å²) in [6.07, 6.45) is 2.75. The number of carboxylic acid groups (broad SMARTS) is 1. The third kappa shape index (κ3) is 7.35. The van der Waals surface area contributed by atoms with Gasteiger partial charge in [-0.2, -0.15) is 0 Å². The molecule has 2 rings (SSSR count). The van der Waals surface area contributed by atoms with Crippen molar-refractivity contribution in [1.82, 2.24) is 0 Å². The van der Waals surface area contributed by atoms with Gasteiger partial charge in [0.1, 0.15) is 6.10 Å². The molecule has 2 unspecified atom stereocenters. The summed E-state index contributed by atoms with van der Waals surface area (Å²) in [5, 5.41) is 39.3. The first-order valence-corrected chi connectivity index (χ1v) is 10.5. The van der Waals surface area contributed by atoms with Gasteiger partial charge < -0.3 is 20.4 Å². The zero-order valence-corrected chi connectivity index (χ0v) is 16.9. The summed E-state index contributed by atoms with van der Waals surface area (Å²) in [4.78, 5) is 10.5. The minimum atomic E-state index is -1.05. The molecular weight excluding hydrogens is 394 g/mol. The predicted molar refractivity (Wildman–Crippen MR) is 107 cm³/mol. The average molecular weight is 424 g/mol. The third-order valence-corrected chi connectivity index (χ3v) is 5.80. The molecule has 1 aromatic carbocycles. The number of hydrogen-bond donors (Lipinski definition) is 4. The molecule has 0 spiro atoms. The van der Waals surface area contributed by atoms with Crippen LogP contribution in [0.2, 0.25) is 0 Å². The van der Waals surface area contributed by atoms with Crippen molar-refractivity contribution in [3.63, 3.8) is 0 Å². The molecule has 1 saturated carbocycles. The van der Waals surface area contributed by atoms with E-state index < -0.39 is 35.9 Å². The maximum atomic E-state index is 13.6. The molecule has 0 aliphatic heterocycles. The molecule has 0 heterocycles. The minimum Gasteiger partial charge on any atom is -0.481 e. The number of aliphatic hydroxyl groups excluding tert-OH is 3. The Morgan fingerprint density at radius 3 is 2.43 bits per heavy atom. The molecule has 4 N–H and O–H groups in total. The largest absolute Gasteiger partial charge is 0.481 e. The highest BCUT2D eigenvalue weighted by atomic mass is 19.2. The van der Waals surface area contributed by atoms with Crippen molar-refractivity contribution in [2.75, 3.05) is 0 Å². The second-order valence-electron chi connectivity index (χ2n) is 8.01. The molecule has 166 valence electrons. The number of halogens is 2. The Morgan fingerprint density at radius 2 is 1.73 bits per heavy atom. The van der Waals surface area contributed by atoms with Gasteiger partial charge in [0.05, 0.1) is 17.8 Å². The Bertz CT molecular complexity index is 758. The first-order valence-electron chi connectivity index (χ1n) is 10.5. The maximum Gasteiger partial charge on any atom is 0.303 e. The van der Waals surface area contributed by atoms with Crippen LogP contribution >= 0.6 is 0 Å². The van der Waals surface area contributed by atoms with Crippen LogP contribution in [-0.4, -0.2) is 44.7 Å². The lowest BCUT2D eigenvalue weighted by Crippen LogP contribution is -2.23. The first-order chi connectivity index (χ1) is 14.3. The van der Waals surface area contributed by atoms with Crippen LogP contribution in [0.3, 0.4) is 0 Å². The zero-order chi connectivity index (χ0) is 22.1. The Kier molecular flexibility index (Phi) is 9.70. The van der Waals surface area contributed by atoms with Crippen LogP contribution in [0.25, 0.3) is 0 Å². The SMILES string of the molecule is O=C(O)CCCCCCC1[C@@H](CCC(O)C#Cc2cccc(F)c2F)[C@H](O)C[C@@H]1O. The van der Waals surface area contributed by atoms with Crippen LogP contribution in [-0.2, 0) is 4.79 Å². The van der Waals surface area contributed by atoms with Gasteiger partial charge in [-0.25, -0.2) is 8.78 Å². The van der Waals surface area contributed by atoms with E-state index in [2.05, 4.69) is 11.8 Å². The molecule has 5 atom stereocenters. The number of aliphatic carboxylic acids is 1. The van der Waals surface area contributed by atoms with Crippen molar-refractivity contribution in [3.8, 4) is 11.8 Å². The van der Waals surface area contributed by atoms with E-state index in [1.165, 1.54) is 12.1 Å². The van der Waals surface area contributed by atoms with Gasteiger partial charge >= 0.3 is 5.97 Å². The van der Waals surface area contributed by atoms with E-state index in [4.69, 9.17) is 5.11 Å². The summed E-state index contributed by atoms with van der Waals surface area (Å²) in [5.41, 5.74) is -0.119. The highest BCUT2D eigenvalue weighted by Gasteiger charge is 2.40. The minimum absolute atomic E-state index is 0.0831. The van der Waals surface area contributed by atoms with Crippen LogP contribution in [0.1, 0.15) is 63.4 Å². The van der Waals surface area contributed by atoms with Gasteiger partial charge in [0.25, 0.3) is 0 Å². The van der Waals surface area contributed by atoms with E-state index in [9.17, 15) is 28.9 Å². The highest BCUT2D eigenvalue weighted by molar-refractivity contribution is 5.66. The van der Waals surface area contributed by atoms with Crippen LogP contribution in [0.4, 0.5) is 8.78 Å². The highest BCUT2D eigenvalue weighted by Crippen LogP contribution is 2.39. The Morgan fingerprint density at radius 1 is 1.07 bits per heavy atom. The third-order valence-electron chi connectivity index (χ3n) is 5.80. The molecule has 1 fully saturated rings. The fourth-order valence-corrected chi connectivity index (χ4v) is 4.17. The van der Waals surface area contributed by atoms with Gasteiger partial charge in [-0.15, -0.1) is 0 Å². The monoisotopic (exact) mass is 424 g/mol. The topological polar surface area (TPSA) is 98.0 Å². The molecule has 1 aliphatic carbocycles. The quantitative estimate of drug-likeness (QED) is 0.342. The number of carbonyl (C=O) groups is 1. The predicted octanol–water partition coefficient (Wildman–Crippen LogP) is 3.24. The number of hydrogen-bond acceptors (Lipinski definition) is 4. The molecule has 0 amide bonds. The summed E-state index contributed by atoms with van der Waals surface area (Å²) in [7, 11) is 0. The van der Waals surface area contributed by atoms with E-state index in [1.54, 1.807) is 0 Å². The fraction of sp³-hybridized carbons (Fsp3) is 0.609. The Labute approximate surface area is 175 Å². The normalized spacial score (nSPS) is 24.3. The van der Waals surface area contributed by atoms with Gasteiger partial charge in [-0.3, -0.25) is 4.79 Å². The van der Waals surface area contributed by atoms with Crippen molar-refractivity contribution in [1.29, 1.82) is 0 Å². The molecule has 1 aliphatic rings. The van der Waals surface area contributed by atoms with E-state index in [-0.39, 0.29) is 30.2 Å². The number of carboxylic acids is 1. The molecule has 0 radical (unpaired) electrons. The van der Waals surface area contributed by atoms with Gasteiger partial charge in [0, 0.05) is 6.42 Å². The summed E-state index contributed by atoms with van der Waals surface area (Å²) >= 11 is 0. The van der Waals surface area contributed by atoms with Crippen molar-refractivity contribution < 1.29 is 34.0 Å². The van der Waals surface area contributed by atoms with Crippen molar-refractivity contribution in [3.05, 3.63) is 35.4 Å². The second kappa shape index (κ2) is 12.0. The molecule has 1 aromatic rings. The second-order valence-corrected chi connectivity index (χ2v) is 8.01. The molecular formula is C23H30F2O5. The van der Waals surface area contributed by atoms with Gasteiger partial charge in [0.2, 0.25) is 0 Å². The number of benzene rings is 1. The molecule has 5 nitrogen and oxygen atoms in total. The Balaban J connectivity index is 1.82. The summed E-state index contributed by atoms with van der Waals surface area (Å²) in [5.74, 6) is 1.88. The smallest absolute Gasteiger partial charge is 0.303 e. The van der Waals surface area contributed by atoms with Crippen LogP contribution in [0, 0.1) is 35.3 Å². The number of unbranched alkanes of at least 4 members (excludes halogenated alkanes) is 3. The standard InChI is InChI=1S/C23H30F2O5/c24-19-8-5-6-15(23(19)25)10-11-16(26)12-13-18-17(20(27)14-21(18)28)7-3-1-2-4-9-22(29)30/h5-6,8,16-18,20-21,26-28H,1-4,7,9,12-14H2,(H,29,30)/t16?,17?,18-,20+,21-/m1/s1. The van der Waals surface area contributed by atoms with Gasteiger partial charge in [-0.05, 0) is 56.1 Å². The molecule has 0 bridgehead atoms. The average Bonchev–Trinajstić information content (AvgIpc) is 2.96. The number of aliphatic hydroxyl groups is 3.